The van der Waals surface area contributed by atoms with Crippen LogP contribution in [0.25, 0.3) is 0 Å². The Hall–Kier alpha value is 1.31. The zero-order valence-electron chi connectivity index (χ0n) is 8.62. The molecule has 80 valence electrons. The molecule has 0 aromatic rings. The van der Waals surface area contributed by atoms with Gasteiger partial charge in [-0.1, -0.05) is 43.0 Å². The van der Waals surface area contributed by atoms with E-state index in [9.17, 15) is 0 Å². The van der Waals surface area contributed by atoms with Crippen molar-refractivity contribution in [1.82, 2.24) is 0 Å². The molecule has 0 N–H and O–H groups in total. The first kappa shape index (κ1) is 14.3. The maximum Gasteiger partial charge on any atom is 0.174 e. The van der Waals surface area contributed by atoms with Gasteiger partial charge in [0.15, 0.2) is 4.67 Å². The monoisotopic (exact) mass is 258 g/mol. The fraction of sp³-hybridized carbons (Fsp3) is 1.00. The molecule has 1 nitrogen and oxygen atoms in total. The predicted molar refractivity (Wildman–Crippen MR) is 71.4 cm³/mol. The van der Waals surface area contributed by atoms with Gasteiger partial charge in [0.05, 0.1) is 6.61 Å². The minimum absolute atomic E-state index is 0.753. The van der Waals surface area contributed by atoms with E-state index >= 15 is 0 Å². The van der Waals surface area contributed by atoms with E-state index < -0.39 is 4.67 Å². The molecule has 0 spiro atoms. The molecular formula is C8H19OPS3. The first-order chi connectivity index (χ1) is 6.18. The fourth-order valence-corrected chi connectivity index (χ4v) is 9.78. The van der Waals surface area contributed by atoms with E-state index in [4.69, 9.17) is 16.3 Å². The van der Waals surface area contributed by atoms with E-state index in [0.29, 0.717) is 0 Å². The van der Waals surface area contributed by atoms with Crippen molar-refractivity contribution in [2.75, 3.05) is 18.1 Å². The molecule has 0 saturated carbocycles. The molecule has 0 rings (SSSR count). The van der Waals surface area contributed by atoms with Gasteiger partial charge in [0.2, 0.25) is 0 Å². The van der Waals surface area contributed by atoms with Gasteiger partial charge in [0.1, 0.15) is 0 Å². The van der Waals surface area contributed by atoms with Gasteiger partial charge in [-0.15, -0.1) is 0 Å². The van der Waals surface area contributed by atoms with Crippen LogP contribution in [-0.2, 0) is 16.3 Å². The summed E-state index contributed by atoms with van der Waals surface area (Å²) in [6, 6.07) is 0. The molecule has 0 saturated heterocycles. The minimum atomic E-state index is -1.58. The zero-order chi connectivity index (χ0) is 10.2. The average molecular weight is 258 g/mol. The van der Waals surface area contributed by atoms with Crippen LogP contribution in [0.2, 0.25) is 0 Å². The van der Waals surface area contributed by atoms with E-state index in [1.54, 1.807) is 0 Å². The lowest BCUT2D eigenvalue weighted by Crippen LogP contribution is -1.85. The van der Waals surface area contributed by atoms with E-state index in [2.05, 4.69) is 13.8 Å². The SMILES string of the molecule is CCCCSP(=S)(OCC)SCC. The summed E-state index contributed by atoms with van der Waals surface area (Å²) in [7, 11) is 0. The van der Waals surface area contributed by atoms with Gasteiger partial charge in [-0.3, -0.25) is 0 Å². The molecule has 0 bridgehead atoms. The first-order valence-corrected chi connectivity index (χ1v) is 10.6. The van der Waals surface area contributed by atoms with Gasteiger partial charge < -0.3 is 4.52 Å². The Morgan fingerprint density at radius 3 is 2.38 bits per heavy atom. The van der Waals surface area contributed by atoms with Crippen molar-refractivity contribution in [1.29, 1.82) is 0 Å². The highest BCUT2D eigenvalue weighted by atomic mass is 33.2. The highest BCUT2D eigenvalue weighted by molar-refractivity contribution is 8.99. The lowest BCUT2D eigenvalue weighted by molar-refractivity contribution is 0.393. The van der Waals surface area contributed by atoms with Crippen molar-refractivity contribution in [3.8, 4) is 0 Å². The van der Waals surface area contributed by atoms with Gasteiger partial charge in [0, 0.05) is 5.75 Å². The van der Waals surface area contributed by atoms with Crippen molar-refractivity contribution >= 4 is 39.2 Å². The summed E-state index contributed by atoms with van der Waals surface area (Å²) < 4.78 is 4.09. The Morgan fingerprint density at radius 1 is 1.23 bits per heavy atom. The number of hydrogen-bond donors (Lipinski definition) is 0. The van der Waals surface area contributed by atoms with Gasteiger partial charge in [-0.05, 0) is 30.9 Å². The molecule has 0 radical (unpaired) electrons. The molecule has 0 aliphatic carbocycles. The quantitative estimate of drug-likeness (QED) is 0.467. The summed E-state index contributed by atoms with van der Waals surface area (Å²) in [5, 5.41) is 0. The molecule has 0 aromatic carbocycles. The molecule has 5 heteroatoms. The van der Waals surface area contributed by atoms with Crippen molar-refractivity contribution in [3.05, 3.63) is 0 Å². The molecule has 1 unspecified atom stereocenters. The van der Waals surface area contributed by atoms with Gasteiger partial charge >= 0.3 is 0 Å². The summed E-state index contributed by atoms with van der Waals surface area (Å²) in [6.07, 6.45) is 2.49. The summed E-state index contributed by atoms with van der Waals surface area (Å²) in [4.78, 5) is 0. The van der Waals surface area contributed by atoms with E-state index in [0.717, 1.165) is 18.1 Å². The number of rotatable bonds is 8. The van der Waals surface area contributed by atoms with Crippen molar-refractivity contribution < 1.29 is 4.52 Å². The maximum atomic E-state index is 5.67. The molecule has 0 fully saturated rings. The van der Waals surface area contributed by atoms with Crippen LogP contribution in [0, 0.1) is 0 Å². The summed E-state index contributed by atoms with van der Waals surface area (Å²) >= 11 is 9.21. The van der Waals surface area contributed by atoms with Crippen molar-refractivity contribution in [2.24, 2.45) is 0 Å². The smallest absolute Gasteiger partial charge is 0.174 e. The maximum absolute atomic E-state index is 5.67. The highest BCUT2D eigenvalue weighted by Gasteiger charge is 2.16. The van der Waals surface area contributed by atoms with Crippen LogP contribution in [0.4, 0.5) is 0 Å². The van der Waals surface area contributed by atoms with Crippen LogP contribution in [0.5, 0.6) is 0 Å². The second kappa shape index (κ2) is 8.60. The third-order valence-electron chi connectivity index (χ3n) is 1.32. The minimum Gasteiger partial charge on any atom is -0.334 e. The summed E-state index contributed by atoms with van der Waals surface area (Å²) in [5.41, 5.74) is 0. The fourth-order valence-electron chi connectivity index (χ4n) is 0.749. The van der Waals surface area contributed by atoms with Gasteiger partial charge in [0.25, 0.3) is 0 Å². The Kier molecular flexibility index (Phi) is 9.47. The van der Waals surface area contributed by atoms with Crippen LogP contribution in [-0.4, -0.2) is 18.1 Å². The standard InChI is InChI=1S/C8H19OPS3/c1-4-7-8-13-10(11,9-5-2)12-6-3/h4-8H2,1-3H3. The summed E-state index contributed by atoms with van der Waals surface area (Å²) in [6.45, 7) is 7.13. The van der Waals surface area contributed by atoms with Gasteiger partial charge in [-0.2, -0.15) is 0 Å². The van der Waals surface area contributed by atoms with E-state index in [1.165, 1.54) is 12.8 Å². The topological polar surface area (TPSA) is 9.23 Å². The molecular weight excluding hydrogens is 239 g/mol. The Bertz CT molecular complexity index is 153. The number of unbranched alkanes of at least 4 members (excludes halogenated alkanes) is 1. The molecule has 0 amide bonds. The molecule has 1 atom stereocenters. The van der Waals surface area contributed by atoms with E-state index in [-0.39, 0.29) is 0 Å². The lowest BCUT2D eigenvalue weighted by Gasteiger charge is -2.18. The third-order valence-corrected chi connectivity index (χ3v) is 11.2. The Balaban J connectivity index is 3.85. The third kappa shape index (κ3) is 7.26. The number of hydrogen-bond acceptors (Lipinski definition) is 4. The predicted octanol–water partition coefficient (Wildman–Crippen LogP) is 4.53. The molecule has 0 aliphatic heterocycles. The molecule has 13 heavy (non-hydrogen) atoms. The van der Waals surface area contributed by atoms with Crippen LogP contribution in [0.15, 0.2) is 0 Å². The largest absolute Gasteiger partial charge is 0.334 e. The van der Waals surface area contributed by atoms with Crippen LogP contribution < -0.4 is 0 Å². The average Bonchev–Trinajstić information content (AvgIpc) is 2.05. The Morgan fingerprint density at radius 2 is 1.92 bits per heavy atom. The normalized spacial score (nSPS) is 15.6. The van der Waals surface area contributed by atoms with Crippen molar-refractivity contribution in [2.45, 2.75) is 33.6 Å². The molecule has 0 aromatic heterocycles. The van der Waals surface area contributed by atoms with Crippen LogP contribution in [0.3, 0.4) is 0 Å². The van der Waals surface area contributed by atoms with E-state index in [1.807, 2.05) is 29.7 Å². The van der Waals surface area contributed by atoms with Crippen molar-refractivity contribution in [3.63, 3.8) is 0 Å². The van der Waals surface area contributed by atoms with Crippen LogP contribution in [0.1, 0.15) is 33.6 Å². The first-order valence-electron chi connectivity index (χ1n) is 4.72. The zero-order valence-corrected chi connectivity index (χ0v) is 12.0. The Labute approximate surface area is 95.4 Å². The summed E-state index contributed by atoms with van der Waals surface area (Å²) in [5.74, 6) is 2.22. The molecule has 0 aliphatic rings. The highest BCUT2D eigenvalue weighted by Crippen LogP contribution is 2.70. The second-order valence-corrected chi connectivity index (χ2v) is 13.4. The van der Waals surface area contributed by atoms with Gasteiger partial charge in [-0.25, -0.2) is 0 Å². The van der Waals surface area contributed by atoms with Crippen LogP contribution >= 0.6 is 27.4 Å². The second-order valence-electron chi connectivity index (χ2n) is 2.47. The molecule has 0 heterocycles. The lowest BCUT2D eigenvalue weighted by atomic mass is 10.4.